The van der Waals surface area contributed by atoms with E-state index in [9.17, 15) is 4.79 Å². The molecule has 8 atom stereocenters. The van der Waals surface area contributed by atoms with E-state index in [0.717, 1.165) is 64.6 Å². The van der Waals surface area contributed by atoms with E-state index in [4.69, 9.17) is 23.7 Å². The summed E-state index contributed by atoms with van der Waals surface area (Å²) in [5.74, 6) is 0.855. The lowest BCUT2D eigenvalue weighted by atomic mass is 9.90. The molecule has 4 rings (SSSR count). The van der Waals surface area contributed by atoms with Crippen LogP contribution in [0.2, 0.25) is 0 Å². The number of hydrogen-bond acceptors (Lipinski definition) is 6. The zero-order valence-electron chi connectivity index (χ0n) is 20.6. The molecule has 3 aliphatic heterocycles. The van der Waals surface area contributed by atoms with Gasteiger partial charge in [0, 0.05) is 31.5 Å². The normalized spacial score (nSPS) is 36.6. The minimum atomic E-state index is -0.133. The Morgan fingerprint density at radius 3 is 2.55 bits per heavy atom. The Hall–Kier alpha value is -0.950. The van der Waals surface area contributed by atoms with E-state index >= 15 is 0 Å². The zero-order valence-corrected chi connectivity index (χ0v) is 20.6. The van der Waals surface area contributed by atoms with Crippen molar-refractivity contribution in [2.75, 3.05) is 13.2 Å². The fourth-order valence-corrected chi connectivity index (χ4v) is 5.84. The second kappa shape index (κ2) is 12.7. The predicted molar refractivity (Wildman–Crippen MR) is 125 cm³/mol. The first kappa shape index (κ1) is 25.2. The van der Waals surface area contributed by atoms with Crippen LogP contribution in [0.1, 0.15) is 90.9 Å². The summed E-state index contributed by atoms with van der Waals surface area (Å²) in [4.78, 5) is 12.0. The van der Waals surface area contributed by atoms with Gasteiger partial charge in [-0.15, -0.1) is 0 Å². The Kier molecular flexibility index (Phi) is 9.65. The first-order valence-corrected chi connectivity index (χ1v) is 13.5. The molecule has 3 saturated heterocycles. The number of unbranched alkanes of at least 4 members (excludes halogenated alkanes) is 1. The highest BCUT2D eigenvalue weighted by molar-refractivity contribution is 5.72. The van der Waals surface area contributed by atoms with Gasteiger partial charge in [0.25, 0.3) is 0 Å². The maximum atomic E-state index is 12.0. The van der Waals surface area contributed by atoms with E-state index in [0.29, 0.717) is 12.3 Å². The van der Waals surface area contributed by atoms with Crippen molar-refractivity contribution >= 4 is 5.97 Å². The molecule has 4 aliphatic rings. The van der Waals surface area contributed by atoms with Crippen molar-refractivity contribution in [3.63, 3.8) is 0 Å². The SMILES string of the molecule is CCCC[C@H](C)C[C@@H](/C=C/[C@@H]1[C@H]2CC(=O)O[C@H]2C[C@H]1O[C@@H]1CCCCO1)O[C@H]1CCCCO1. The molecular formula is C27H44O6. The highest BCUT2D eigenvalue weighted by atomic mass is 16.7. The topological polar surface area (TPSA) is 63.2 Å². The van der Waals surface area contributed by atoms with E-state index in [-0.39, 0.29) is 48.7 Å². The molecule has 0 spiro atoms. The maximum absolute atomic E-state index is 12.0. The smallest absolute Gasteiger partial charge is 0.306 e. The molecule has 0 unspecified atom stereocenters. The number of rotatable bonds is 11. The second-order valence-electron chi connectivity index (χ2n) is 10.5. The summed E-state index contributed by atoms with van der Waals surface area (Å²) < 4.78 is 30.2. The molecule has 0 radical (unpaired) electrons. The molecule has 1 saturated carbocycles. The average molecular weight is 465 g/mol. The Morgan fingerprint density at radius 2 is 1.85 bits per heavy atom. The van der Waals surface area contributed by atoms with Crippen LogP contribution in [0.5, 0.6) is 0 Å². The molecule has 4 fully saturated rings. The molecule has 6 nitrogen and oxygen atoms in total. The quantitative estimate of drug-likeness (QED) is 0.296. The molecule has 0 aromatic carbocycles. The van der Waals surface area contributed by atoms with Crippen molar-refractivity contribution in [1.82, 2.24) is 0 Å². The van der Waals surface area contributed by atoms with Gasteiger partial charge in [-0.2, -0.15) is 0 Å². The fourth-order valence-electron chi connectivity index (χ4n) is 5.84. The van der Waals surface area contributed by atoms with Gasteiger partial charge in [-0.3, -0.25) is 4.79 Å². The Labute approximate surface area is 199 Å². The minimum Gasteiger partial charge on any atom is -0.462 e. The lowest BCUT2D eigenvalue weighted by molar-refractivity contribution is -0.194. The number of carbonyl (C=O) groups is 1. The summed E-state index contributed by atoms with van der Waals surface area (Å²) in [6.07, 6.45) is 16.6. The van der Waals surface area contributed by atoms with Crippen LogP contribution in [-0.2, 0) is 28.5 Å². The van der Waals surface area contributed by atoms with E-state index in [1.54, 1.807) is 0 Å². The Balaban J connectivity index is 1.43. The highest BCUT2D eigenvalue weighted by Gasteiger charge is 2.50. The van der Waals surface area contributed by atoms with Crippen molar-refractivity contribution in [3.8, 4) is 0 Å². The molecule has 0 amide bonds. The van der Waals surface area contributed by atoms with Gasteiger partial charge in [0.1, 0.15) is 6.10 Å². The van der Waals surface area contributed by atoms with Crippen molar-refractivity contribution in [3.05, 3.63) is 12.2 Å². The van der Waals surface area contributed by atoms with Crippen LogP contribution < -0.4 is 0 Å². The molecule has 1 aliphatic carbocycles. The third-order valence-corrected chi connectivity index (χ3v) is 7.71. The number of fused-ring (bicyclic) bond motifs is 1. The van der Waals surface area contributed by atoms with Gasteiger partial charge < -0.3 is 23.7 Å². The van der Waals surface area contributed by atoms with Crippen LogP contribution in [0.15, 0.2) is 12.2 Å². The van der Waals surface area contributed by atoms with Crippen LogP contribution in [0, 0.1) is 17.8 Å². The van der Waals surface area contributed by atoms with Gasteiger partial charge in [0.15, 0.2) is 12.6 Å². The molecule has 188 valence electrons. The van der Waals surface area contributed by atoms with Gasteiger partial charge in [-0.05, 0) is 50.9 Å². The molecule has 33 heavy (non-hydrogen) atoms. The second-order valence-corrected chi connectivity index (χ2v) is 10.5. The zero-order chi connectivity index (χ0) is 23.0. The van der Waals surface area contributed by atoms with Gasteiger partial charge >= 0.3 is 5.97 Å². The molecule has 3 heterocycles. The van der Waals surface area contributed by atoms with E-state index < -0.39 is 0 Å². The standard InChI is InChI=1S/C27H44O6/c1-3-4-9-19(2)16-20(31-26-10-5-7-14-29-26)12-13-21-22-17-25(28)32-24(22)18-23(21)33-27-11-6-8-15-30-27/h12-13,19-24,26-27H,3-11,14-18H2,1-2H3/b13-12+/t19-,20+,21+,22+,23+,24-,26-,27+/m0/s1. The van der Waals surface area contributed by atoms with Crippen LogP contribution in [0.3, 0.4) is 0 Å². The highest BCUT2D eigenvalue weighted by Crippen LogP contribution is 2.44. The molecule has 0 aromatic heterocycles. The van der Waals surface area contributed by atoms with Crippen molar-refractivity contribution < 1.29 is 28.5 Å². The van der Waals surface area contributed by atoms with Crippen molar-refractivity contribution in [2.24, 2.45) is 17.8 Å². The van der Waals surface area contributed by atoms with Crippen LogP contribution in [-0.4, -0.2) is 50.1 Å². The predicted octanol–water partition coefficient (Wildman–Crippen LogP) is 5.53. The van der Waals surface area contributed by atoms with Gasteiger partial charge in [-0.1, -0.05) is 45.3 Å². The molecule has 0 N–H and O–H groups in total. The third-order valence-electron chi connectivity index (χ3n) is 7.71. The first-order valence-electron chi connectivity index (χ1n) is 13.5. The number of esters is 1. The van der Waals surface area contributed by atoms with Crippen LogP contribution in [0.25, 0.3) is 0 Å². The van der Waals surface area contributed by atoms with E-state index in [1.807, 2.05) is 0 Å². The average Bonchev–Trinajstić information content (AvgIpc) is 3.32. The fraction of sp³-hybridized carbons (Fsp3) is 0.889. The van der Waals surface area contributed by atoms with Crippen LogP contribution in [0.4, 0.5) is 0 Å². The lowest BCUT2D eigenvalue weighted by Crippen LogP contribution is -2.31. The molecule has 0 bridgehead atoms. The number of hydrogen-bond donors (Lipinski definition) is 0. The van der Waals surface area contributed by atoms with Gasteiger partial charge in [0.2, 0.25) is 0 Å². The Morgan fingerprint density at radius 1 is 1.09 bits per heavy atom. The summed E-state index contributed by atoms with van der Waals surface area (Å²) in [5.41, 5.74) is 0. The van der Waals surface area contributed by atoms with E-state index in [2.05, 4.69) is 26.0 Å². The van der Waals surface area contributed by atoms with Gasteiger partial charge in [0.05, 0.1) is 18.6 Å². The molecule has 0 aromatic rings. The third kappa shape index (κ3) is 7.27. The summed E-state index contributed by atoms with van der Waals surface area (Å²) in [6.45, 7) is 6.12. The van der Waals surface area contributed by atoms with Crippen molar-refractivity contribution in [1.29, 1.82) is 0 Å². The summed E-state index contributed by atoms with van der Waals surface area (Å²) in [7, 11) is 0. The van der Waals surface area contributed by atoms with Gasteiger partial charge in [-0.25, -0.2) is 0 Å². The lowest BCUT2D eigenvalue weighted by Gasteiger charge is -2.30. The largest absolute Gasteiger partial charge is 0.462 e. The summed E-state index contributed by atoms with van der Waals surface area (Å²) >= 11 is 0. The maximum Gasteiger partial charge on any atom is 0.306 e. The first-order chi connectivity index (χ1) is 16.1. The summed E-state index contributed by atoms with van der Waals surface area (Å²) in [5, 5.41) is 0. The molecular weight excluding hydrogens is 420 g/mol. The number of carbonyl (C=O) groups excluding carboxylic acids is 1. The molecule has 6 heteroatoms. The van der Waals surface area contributed by atoms with E-state index in [1.165, 1.54) is 19.3 Å². The van der Waals surface area contributed by atoms with Crippen LogP contribution >= 0.6 is 0 Å². The van der Waals surface area contributed by atoms with Crippen molar-refractivity contribution in [2.45, 2.75) is 122 Å². The minimum absolute atomic E-state index is 0.0172. The number of ether oxygens (including phenoxy) is 5. The Bertz CT molecular complexity index is 624. The monoisotopic (exact) mass is 464 g/mol. The summed E-state index contributed by atoms with van der Waals surface area (Å²) in [6, 6.07) is 0.